The van der Waals surface area contributed by atoms with Gasteiger partial charge in [-0.05, 0) is 103 Å². The van der Waals surface area contributed by atoms with Crippen molar-refractivity contribution in [3.8, 4) is 34.0 Å². The van der Waals surface area contributed by atoms with Crippen molar-refractivity contribution < 1.29 is 46.9 Å². The minimum absolute atomic E-state index is 0.00155. The van der Waals surface area contributed by atoms with Crippen molar-refractivity contribution in [2.45, 2.75) is 121 Å². The number of nitrogens with one attached hydrogen (secondary N) is 4. The van der Waals surface area contributed by atoms with Gasteiger partial charge in [-0.15, -0.1) is 0 Å². The van der Waals surface area contributed by atoms with Gasteiger partial charge >= 0.3 is 6.01 Å². The van der Waals surface area contributed by atoms with E-state index >= 15 is 4.39 Å². The third-order valence-corrected chi connectivity index (χ3v) is 16.6. The zero-order valence-corrected chi connectivity index (χ0v) is 45.0. The van der Waals surface area contributed by atoms with Crippen molar-refractivity contribution in [3.63, 3.8) is 0 Å². The molecular weight excluding hydrogens is 1030 g/mol. The summed E-state index contributed by atoms with van der Waals surface area (Å²) in [5.41, 5.74) is 6.24. The topological polar surface area (TPSA) is 196 Å². The number of carbonyl (C=O) groups is 3. The lowest BCUT2D eigenvalue weighted by Gasteiger charge is -2.31. The minimum Gasteiger partial charge on any atom is -0.486 e. The van der Waals surface area contributed by atoms with Crippen LogP contribution in [0.3, 0.4) is 0 Å². The molecule has 80 heavy (non-hydrogen) atoms. The van der Waals surface area contributed by atoms with E-state index in [0.29, 0.717) is 71.1 Å². The molecule has 16 nitrogen and oxygen atoms in total. The first-order valence-electron chi connectivity index (χ1n) is 27.8. The highest BCUT2D eigenvalue weighted by atomic mass is 19.2. The summed E-state index contributed by atoms with van der Waals surface area (Å²) < 4.78 is 63.9. The number of fused-ring (bicyclic) bond motifs is 4. The van der Waals surface area contributed by atoms with Gasteiger partial charge in [0.25, 0.3) is 5.91 Å². The first kappa shape index (κ1) is 53.1. The van der Waals surface area contributed by atoms with Crippen LogP contribution < -0.4 is 30.3 Å². The molecule has 0 radical (unpaired) electrons. The molecule has 5 fully saturated rings. The summed E-state index contributed by atoms with van der Waals surface area (Å²) in [6, 6.07) is 19.4. The highest BCUT2D eigenvalue weighted by Crippen LogP contribution is 2.53. The second-order valence-electron chi connectivity index (χ2n) is 22.5. The van der Waals surface area contributed by atoms with Gasteiger partial charge in [0.2, 0.25) is 11.8 Å². The van der Waals surface area contributed by atoms with E-state index in [0.717, 1.165) is 71.7 Å². The molecular formula is C61H64F3N9O7. The molecule has 2 aromatic heterocycles. The molecule has 2 bridgehead atoms. The number of aromatic nitrogens is 4. The van der Waals surface area contributed by atoms with Crippen LogP contribution in [0.15, 0.2) is 85.1 Å². The number of anilines is 1. The molecule has 7 aromatic rings. The van der Waals surface area contributed by atoms with Crippen LogP contribution in [0, 0.1) is 30.3 Å². The predicted molar refractivity (Wildman–Crippen MR) is 295 cm³/mol. The van der Waals surface area contributed by atoms with Crippen LogP contribution in [0.5, 0.6) is 11.8 Å². The number of carbonyl (C=O) groups excluding carboxylic acids is 3. The maximum atomic E-state index is 16.1. The molecule has 5 aromatic carbocycles. The number of amides is 3. The average molecular weight is 1090 g/mol. The highest BCUT2D eigenvalue weighted by molar-refractivity contribution is 6.06. The molecule has 1 saturated carbocycles. The lowest BCUT2D eigenvalue weighted by atomic mass is 9.88. The Balaban J connectivity index is 0.805. The van der Waals surface area contributed by atoms with Gasteiger partial charge in [-0.1, -0.05) is 62.4 Å². The van der Waals surface area contributed by atoms with Gasteiger partial charge in [0.05, 0.1) is 37.1 Å². The fourth-order valence-electron chi connectivity index (χ4n) is 12.1. The number of piperazine rings is 1. The maximum Gasteiger partial charge on any atom is 0.319 e. The maximum absolute atomic E-state index is 16.1. The lowest BCUT2D eigenvalue weighted by molar-refractivity contribution is -0.141. The fraction of sp³-hybridized carbons (Fsp3) is 0.410. The number of likely N-dealkylation sites (tertiary alicyclic amines) is 1. The molecule has 4 saturated heterocycles. The zero-order valence-electron chi connectivity index (χ0n) is 45.0. The van der Waals surface area contributed by atoms with E-state index in [1.807, 2.05) is 0 Å². The van der Waals surface area contributed by atoms with E-state index in [-0.39, 0.29) is 60.6 Å². The number of benzene rings is 5. The molecule has 416 valence electrons. The summed E-state index contributed by atoms with van der Waals surface area (Å²) in [7, 11) is 0. The van der Waals surface area contributed by atoms with Gasteiger partial charge < -0.3 is 45.1 Å². The third-order valence-electron chi connectivity index (χ3n) is 16.6. The van der Waals surface area contributed by atoms with Gasteiger partial charge in [-0.3, -0.25) is 19.5 Å². The molecule has 12 rings (SSSR count). The summed E-state index contributed by atoms with van der Waals surface area (Å²) in [6.07, 6.45) is 4.89. The Bertz CT molecular complexity index is 3520. The number of halogens is 3. The molecule has 3 amide bonds. The number of rotatable bonds is 16. The number of hydrogen-bond acceptors (Lipinski definition) is 12. The summed E-state index contributed by atoms with van der Waals surface area (Å²) in [6.45, 7) is 9.83. The van der Waals surface area contributed by atoms with Crippen molar-refractivity contribution in [1.82, 2.24) is 41.0 Å². The Morgan fingerprint density at radius 2 is 1.65 bits per heavy atom. The molecule has 19 heteroatoms. The smallest absolute Gasteiger partial charge is 0.319 e. The van der Waals surface area contributed by atoms with Crippen LogP contribution >= 0.6 is 0 Å². The SMILES string of the molecule is Cc1c(F)cc2[nH]ncc2c1-c1c(C2CC2)cc2c(N3C[C@@H]4C[C@H]3CN4)nc(OC3CCOCC3)nc2c1OCc1ccc(C(=O)N[C@H](C(=O)N2C[C@H](O)C[C@H]2C(=O)N[C@@H](C)c2ccc(-c3cccc(F)c3F)cc2)C(C)C)cc1. The van der Waals surface area contributed by atoms with Crippen molar-refractivity contribution in [3.05, 3.63) is 130 Å². The normalized spacial score (nSPS) is 20.9. The summed E-state index contributed by atoms with van der Waals surface area (Å²) in [5.74, 6) is -2.77. The Morgan fingerprint density at radius 3 is 2.36 bits per heavy atom. The molecule has 5 N–H and O–H groups in total. The number of aliphatic hydroxyl groups excluding tert-OH is 1. The summed E-state index contributed by atoms with van der Waals surface area (Å²) >= 11 is 0. The third kappa shape index (κ3) is 10.3. The first-order chi connectivity index (χ1) is 38.7. The molecule has 4 aliphatic heterocycles. The van der Waals surface area contributed by atoms with Gasteiger partial charge in [-0.2, -0.15) is 15.1 Å². The van der Waals surface area contributed by atoms with Crippen LogP contribution in [0.25, 0.3) is 44.1 Å². The van der Waals surface area contributed by atoms with E-state index in [9.17, 15) is 28.3 Å². The molecule has 1 aliphatic carbocycles. The number of H-pyrrole nitrogens is 1. The summed E-state index contributed by atoms with van der Waals surface area (Å²) in [4.78, 5) is 56.4. The van der Waals surface area contributed by atoms with Gasteiger partial charge in [-0.25, -0.2) is 13.2 Å². The predicted octanol–water partition coefficient (Wildman–Crippen LogP) is 8.72. The lowest BCUT2D eigenvalue weighted by Crippen LogP contribution is -2.55. The van der Waals surface area contributed by atoms with Crippen LogP contribution in [0.1, 0.15) is 104 Å². The molecule has 0 spiro atoms. The Morgan fingerprint density at radius 1 is 0.875 bits per heavy atom. The molecule has 5 aliphatic rings. The van der Waals surface area contributed by atoms with Crippen LogP contribution in [0.4, 0.5) is 19.0 Å². The molecule has 0 unspecified atom stereocenters. The van der Waals surface area contributed by atoms with Crippen molar-refractivity contribution in [2.75, 3.05) is 37.7 Å². The quantitative estimate of drug-likeness (QED) is 0.0619. The number of nitrogens with zero attached hydrogens (tertiary/aromatic N) is 5. The number of aliphatic hydroxyl groups is 1. The Labute approximate surface area is 460 Å². The number of ether oxygens (including phenoxy) is 3. The second-order valence-corrected chi connectivity index (χ2v) is 22.5. The first-order valence-corrected chi connectivity index (χ1v) is 27.8. The largest absolute Gasteiger partial charge is 0.486 e. The van der Waals surface area contributed by atoms with E-state index in [1.165, 1.54) is 23.1 Å². The van der Waals surface area contributed by atoms with E-state index in [4.69, 9.17) is 24.2 Å². The average Bonchev–Trinajstić information content (AvgIpc) is 3.40. The zero-order chi connectivity index (χ0) is 55.5. The van der Waals surface area contributed by atoms with Crippen molar-refractivity contribution in [2.24, 2.45) is 5.92 Å². The van der Waals surface area contributed by atoms with E-state index < -0.39 is 59.5 Å². The number of β-amino-alcohol motifs (C(OH)–C–C–N with tert-alkyl or cyclic N) is 1. The minimum atomic E-state index is -1.04. The Kier molecular flexibility index (Phi) is 14.5. The van der Waals surface area contributed by atoms with E-state index in [1.54, 1.807) is 82.4 Å². The second kappa shape index (κ2) is 21.8. The van der Waals surface area contributed by atoms with Crippen molar-refractivity contribution in [1.29, 1.82) is 0 Å². The van der Waals surface area contributed by atoms with Crippen LogP contribution in [-0.4, -0.2) is 117 Å². The van der Waals surface area contributed by atoms with Gasteiger partial charge in [0, 0.05) is 84.0 Å². The van der Waals surface area contributed by atoms with E-state index in [2.05, 4.69) is 37.1 Å². The van der Waals surface area contributed by atoms with Crippen LogP contribution in [0.2, 0.25) is 0 Å². The number of aromatic amines is 1. The summed E-state index contributed by atoms with van der Waals surface area (Å²) in [5, 5.41) is 29.2. The fourth-order valence-corrected chi connectivity index (χ4v) is 12.1. The molecule has 6 heterocycles. The van der Waals surface area contributed by atoms with Gasteiger partial charge in [0.15, 0.2) is 17.4 Å². The number of hydrogen-bond donors (Lipinski definition) is 5. The molecule has 6 atom stereocenters. The van der Waals surface area contributed by atoms with Crippen molar-refractivity contribution >= 4 is 45.3 Å². The van der Waals surface area contributed by atoms with Gasteiger partial charge in [0.1, 0.15) is 41.9 Å². The highest BCUT2D eigenvalue weighted by Gasteiger charge is 2.44. The van der Waals surface area contributed by atoms with Crippen LogP contribution in [-0.2, 0) is 20.9 Å². The monoisotopic (exact) mass is 1090 g/mol. The Hall–Kier alpha value is -7.61. The standard InChI is InChI=1S/C61H64F3N9O7/c1-31(2)54(60(77)73-29-41(74)23-50(73)59(76)67-33(4)35-12-14-36(15-13-35)43-6-5-7-47(62)53(43)64)68-58(75)38-10-8-34(9-11-38)30-79-56-52(51-32(3)48(63)25-49-46(51)27-66-71-49)44(37-16-17-37)24-45-55(56)69-61(80-42-18-20-78-21-19-42)70-57(45)72-28-39-22-40(72)26-65-39/h5-15,24-25,27,31,33,37,39-42,50,54,65,74H,16-23,26,28-30H2,1-4H3,(H,66,71)(H,67,76)(H,68,75)/t33-,39-,40-,41+,50-,54-/m0/s1.